The Morgan fingerprint density at radius 1 is 1.42 bits per heavy atom. The van der Waals surface area contributed by atoms with Gasteiger partial charge in [0.2, 0.25) is 0 Å². The van der Waals surface area contributed by atoms with Crippen molar-refractivity contribution in [2.45, 2.75) is 6.92 Å². The van der Waals surface area contributed by atoms with Gasteiger partial charge in [0.15, 0.2) is 0 Å². The lowest BCUT2D eigenvalue weighted by molar-refractivity contribution is -0.116. The lowest BCUT2D eigenvalue weighted by Crippen LogP contribution is -2.22. The lowest BCUT2D eigenvalue weighted by Gasteiger charge is -2.13. The van der Waals surface area contributed by atoms with Gasteiger partial charge in [0.05, 0.1) is 12.8 Å². The number of rotatable bonds is 6. The average molecular weight is 195 g/mol. The maximum atomic E-state index is 11.3. The van der Waals surface area contributed by atoms with E-state index in [1.54, 1.807) is 0 Å². The van der Waals surface area contributed by atoms with Crippen molar-refractivity contribution in [2.75, 3.05) is 27.1 Å². The SMILES string of the molecule is COP(=O)(CNCC(C)=O)OC. The molecule has 0 aliphatic rings. The highest BCUT2D eigenvalue weighted by Crippen LogP contribution is 2.44. The third kappa shape index (κ3) is 4.62. The molecule has 72 valence electrons. The summed E-state index contributed by atoms with van der Waals surface area (Å²) in [6.45, 7) is 1.62. The van der Waals surface area contributed by atoms with E-state index >= 15 is 0 Å². The van der Waals surface area contributed by atoms with Crippen LogP contribution in [0.15, 0.2) is 0 Å². The molecule has 0 aromatic rings. The number of Topliss-reactive ketones (excluding diaryl/α,β-unsaturated/α-hetero) is 1. The molecule has 0 spiro atoms. The van der Waals surface area contributed by atoms with E-state index in [1.165, 1.54) is 21.1 Å². The normalized spacial score (nSPS) is 11.6. The van der Waals surface area contributed by atoms with Crippen LogP contribution in [0, 0.1) is 0 Å². The highest BCUT2D eigenvalue weighted by atomic mass is 31.2. The third-order valence-corrected chi connectivity index (χ3v) is 2.96. The zero-order valence-electron chi connectivity index (χ0n) is 7.49. The number of ketones is 1. The first-order chi connectivity index (χ1) is 5.54. The first-order valence-corrected chi connectivity index (χ1v) is 5.17. The molecule has 0 bridgehead atoms. The summed E-state index contributed by atoms with van der Waals surface area (Å²) in [6.07, 6.45) is 0.0551. The molecule has 0 aromatic carbocycles. The van der Waals surface area contributed by atoms with Crippen molar-refractivity contribution in [3.63, 3.8) is 0 Å². The Balaban J connectivity index is 3.74. The largest absolute Gasteiger partial charge is 0.343 e. The second kappa shape index (κ2) is 5.43. The van der Waals surface area contributed by atoms with E-state index in [2.05, 4.69) is 14.4 Å². The Labute approximate surface area is 72.0 Å². The maximum Gasteiger partial charge on any atom is 0.343 e. The van der Waals surface area contributed by atoms with Crippen molar-refractivity contribution in [2.24, 2.45) is 0 Å². The fourth-order valence-corrected chi connectivity index (χ4v) is 1.37. The number of hydrogen-bond donors (Lipinski definition) is 1. The number of carbonyl (C=O) groups excluding carboxylic acids is 1. The predicted molar refractivity (Wildman–Crippen MR) is 45.2 cm³/mol. The number of nitrogens with one attached hydrogen (secondary N) is 1. The molecule has 0 aliphatic heterocycles. The molecule has 0 unspecified atom stereocenters. The summed E-state index contributed by atoms with van der Waals surface area (Å²) in [4.78, 5) is 10.5. The van der Waals surface area contributed by atoms with Crippen molar-refractivity contribution >= 4 is 13.4 Å². The van der Waals surface area contributed by atoms with Crippen LogP contribution in [-0.4, -0.2) is 32.8 Å². The topological polar surface area (TPSA) is 64.6 Å². The highest BCUT2D eigenvalue weighted by molar-refractivity contribution is 7.53. The van der Waals surface area contributed by atoms with Crippen molar-refractivity contribution in [3.05, 3.63) is 0 Å². The van der Waals surface area contributed by atoms with E-state index in [0.29, 0.717) is 0 Å². The van der Waals surface area contributed by atoms with Gasteiger partial charge in [-0.05, 0) is 6.92 Å². The molecule has 0 aromatic heterocycles. The van der Waals surface area contributed by atoms with Crippen LogP contribution in [0.25, 0.3) is 0 Å². The van der Waals surface area contributed by atoms with Gasteiger partial charge in [-0.1, -0.05) is 0 Å². The molecule has 0 saturated carbocycles. The minimum Gasteiger partial charge on any atom is -0.311 e. The second-order valence-corrected chi connectivity index (χ2v) is 4.53. The quantitative estimate of drug-likeness (QED) is 0.629. The molecule has 0 radical (unpaired) electrons. The second-order valence-electron chi connectivity index (χ2n) is 2.26. The van der Waals surface area contributed by atoms with Gasteiger partial charge in [-0.25, -0.2) is 0 Å². The van der Waals surface area contributed by atoms with Gasteiger partial charge in [0.25, 0.3) is 0 Å². The Morgan fingerprint density at radius 2 is 1.92 bits per heavy atom. The predicted octanol–water partition coefficient (Wildman–Crippen LogP) is 0.608. The van der Waals surface area contributed by atoms with Gasteiger partial charge in [-0.2, -0.15) is 0 Å². The summed E-state index contributed by atoms with van der Waals surface area (Å²) in [7, 11) is -0.390. The summed E-state index contributed by atoms with van der Waals surface area (Å²) < 4.78 is 20.6. The minimum absolute atomic E-state index is 0.0197. The maximum absolute atomic E-state index is 11.3. The van der Waals surface area contributed by atoms with Crippen LogP contribution in [0.3, 0.4) is 0 Å². The van der Waals surface area contributed by atoms with Crippen LogP contribution in [0.1, 0.15) is 6.92 Å². The van der Waals surface area contributed by atoms with Crippen LogP contribution in [-0.2, 0) is 18.4 Å². The Kier molecular flexibility index (Phi) is 5.33. The van der Waals surface area contributed by atoms with Crippen LogP contribution >= 0.6 is 7.60 Å². The monoisotopic (exact) mass is 195 g/mol. The standard InChI is InChI=1S/C6H14NO4P/c1-6(8)4-7-5-12(9,10-2)11-3/h7H,4-5H2,1-3H3. The van der Waals surface area contributed by atoms with Gasteiger partial charge in [-0.3, -0.25) is 14.7 Å². The molecule has 5 nitrogen and oxygen atoms in total. The van der Waals surface area contributed by atoms with Crippen LogP contribution in [0.2, 0.25) is 0 Å². The average Bonchev–Trinajstić information content (AvgIpc) is 2.03. The first-order valence-electron chi connectivity index (χ1n) is 3.45. The molecule has 0 aliphatic carbocycles. The van der Waals surface area contributed by atoms with Crippen molar-refractivity contribution < 1.29 is 18.4 Å². The van der Waals surface area contributed by atoms with E-state index < -0.39 is 7.60 Å². The molecule has 0 rings (SSSR count). The van der Waals surface area contributed by atoms with Crippen LogP contribution in [0.5, 0.6) is 0 Å². The molecule has 1 N–H and O–H groups in total. The summed E-state index contributed by atoms with van der Waals surface area (Å²) in [5.41, 5.74) is 0. The highest BCUT2D eigenvalue weighted by Gasteiger charge is 2.19. The summed E-state index contributed by atoms with van der Waals surface area (Å²) in [6, 6.07) is 0. The van der Waals surface area contributed by atoms with Crippen molar-refractivity contribution in [1.29, 1.82) is 0 Å². The van der Waals surface area contributed by atoms with Gasteiger partial charge in [-0.15, -0.1) is 0 Å². The van der Waals surface area contributed by atoms with Gasteiger partial charge < -0.3 is 9.05 Å². The summed E-state index contributed by atoms with van der Waals surface area (Å²) in [5.74, 6) is -0.0197. The Bertz CT molecular complexity index is 186. The van der Waals surface area contributed by atoms with Crippen LogP contribution in [0.4, 0.5) is 0 Å². The van der Waals surface area contributed by atoms with Crippen molar-refractivity contribution in [1.82, 2.24) is 5.32 Å². The van der Waals surface area contributed by atoms with Crippen LogP contribution < -0.4 is 5.32 Å². The number of hydrogen-bond acceptors (Lipinski definition) is 5. The van der Waals surface area contributed by atoms with Crippen molar-refractivity contribution in [3.8, 4) is 0 Å². The van der Waals surface area contributed by atoms with E-state index in [4.69, 9.17) is 0 Å². The fourth-order valence-electron chi connectivity index (χ4n) is 0.572. The van der Waals surface area contributed by atoms with E-state index in [0.717, 1.165) is 0 Å². The molecule has 0 amide bonds. The molecule has 0 fully saturated rings. The van der Waals surface area contributed by atoms with Gasteiger partial charge in [0, 0.05) is 14.2 Å². The van der Waals surface area contributed by atoms with Gasteiger partial charge >= 0.3 is 7.60 Å². The third-order valence-electron chi connectivity index (χ3n) is 1.24. The smallest absolute Gasteiger partial charge is 0.311 e. The molecular formula is C6H14NO4P. The molecule has 0 heterocycles. The lowest BCUT2D eigenvalue weighted by atomic mass is 10.5. The molecule has 0 saturated heterocycles. The zero-order valence-corrected chi connectivity index (χ0v) is 8.39. The Morgan fingerprint density at radius 3 is 2.25 bits per heavy atom. The summed E-state index contributed by atoms with van der Waals surface area (Å²) in [5, 5.41) is 2.66. The Hall–Kier alpha value is -0.220. The van der Waals surface area contributed by atoms with E-state index in [1.807, 2.05) is 0 Å². The first kappa shape index (κ1) is 11.8. The molecule has 12 heavy (non-hydrogen) atoms. The molecular weight excluding hydrogens is 181 g/mol. The zero-order chi connectivity index (χ0) is 9.61. The van der Waals surface area contributed by atoms with Gasteiger partial charge in [0.1, 0.15) is 5.78 Å². The fraction of sp³-hybridized carbons (Fsp3) is 0.833. The number of carbonyl (C=O) groups is 1. The summed E-state index contributed by atoms with van der Waals surface area (Å²) >= 11 is 0. The van der Waals surface area contributed by atoms with E-state index in [9.17, 15) is 9.36 Å². The molecule has 6 heteroatoms. The molecule has 0 atom stereocenters. The minimum atomic E-state index is -3.00. The van der Waals surface area contributed by atoms with E-state index in [-0.39, 0.29) is 18.6 Å².